The van der Waals surface area contributed by atoms with Crippen molar-refractivity contribution in [1.82, 2.24) is 10.2 Å². The smallest absolute Gasteiger partial charge is 0.0673 e. The molecule has 0 bridgehead atoms. The van der Waals surface area contributed by atoms with Gasteiger partial charge in [0, 0.05) is 20.2 Å². The highest BCUT2D eigenvalue weighted by molar-refractivity contribution is 5.07. The third kappa shape index (κ3) is 5.64. The molecule has 0 spiro atoms. The summed E-state index contributed by atoms with van der Waals surface area (Å²) in [6, 6.07) is 0. The highest BCUT2D eigenvalue weighted by atomic mass is 16.5. The van der Waals surface area contributed by atoms with Crippen LogP contribution in [0.4, 0.5) is 0 Å². The number of methoxy groups -OCH3 is 1. The van der Waals surface area contributed by atoms with Crippen molar-refractivity contribution < 1.29 is 4.74 Å². The topological polar surface area (TPSA) is 24.5 Å². The van der Waals surface area contributed by atoms with Crippen LogP contribution in [0, 0.1) is 0 Å². The van der Waals surface area contributed by atoms with Crippen LogP contribution >= 0.6 is 0 Å². The SMILES string of the molecule is CNCCCCCN1CC=C(COC)CC1. The molecule has 0 fully saturated rings. The molecule has 3 nitrogen and oxygen atoms in total. The minimum absolute atomic E-state index is 0.815. The van der Waals surface area contributed by atoms with E-state index in [-0.39, 0.29) is 0 Å². The Bertz CT molecular complexity index is 204. The van der Waals surface area contributed by atoms with Gasteiger partial charge in [0.05, 0.1) is 6.61 Å². The van der Waals surface area contributed by atoms with E-state index in [1.807, 2.05) is 7.05 Å². The highest BCUT2D eigenvalue weighted by Gasteiger charge is 2.10. The lowest BCUT2D eigenvalue weighted by molar-refractivity contribution is 0.211. The normalized spacial score (nSPS) is 17.5. The quantitative estimate of drug-likeness (QED) is 0.503. The molecule has 0 aromatic carbocycles. The van der Waals surface area contributed by atoms with E-state index in [1.165, 1.54) is 44.3 Å². The Morgan fingerprint density at radius 1 is 1.38 bits per heavy atom. The Morgan fingerprint density at radius 2 is 2.25 bits per heavy atom. The van der Waals surface area contributed by atoms with Crippen molar-refractivity contribution in [2.45, 2.75) is 25.7 Å². The van der Waals surface area contributed by atoms with Crippen molar-refractivity contribution in [3.8, 4) is 0 Å². The van der Waals surface area contributed by atoms with Crippen LogP contribution in [-0.2, 0) is 4.74 Å². The third-order valence-electron chi connectivity index (χ3n) is 3.12. The molecule has 0 saturated heterocycles. The van der Waals surface area contributed by atoms with Crippen LogP contribution in [0.25, 0.3) is 0 Å². The fourth-order valence-corrected chi connectivity index (χ4v) is 2.09. The van der Waals surface area contributed by atoms with Gasteiger partial charge in [-0.1, -0.05) is 12.5 Å². The molecular formula is C13H26N2O. The summed E-state index contributed by atoms with van der Waals surface area (Å²) in [6.07, 6.45) is 7.49. The van der Waals surface area contributed by atoms with Crippen molar-refractivity contribution in [3.05, 3.63) is 11.6 Å². The molecule has 0 saturated carbocycles. The number of ether oxygens (including phenoxy) is 1. The summed E-state index contributed by atoms with van der Waals surface area (Å²) in [5, 5.41) is 3.19. The summed E-state index contributed by atoms with van der Waals surface area (Å²) in [4.78, 5) is 2.54. The standard InChI is InChI=1S/C13H26N2O/c1-14-8-4-3-5-9-15-10-6-13(7-11-15)12-16-2/h6,14H,3-5,7-12H2,1-2H3. The average Bonchev–Trinajstić information content (AvgIpc) is 2.31. The Morgan fingerprint density at radius 3 is 2.88 bits per heavy atom. The minimum Gasteiger partial charge on any atom is -0.380 e. The number of hydrogen-bond acceptors (Lipinski definition) is 3. The zero-order chi connectivity index (χ0) is 11.6. The maximum atomic E-state index is 5.15. The van der Waals surface area contributed by atoms with E-state index in [2.05, 4.69) is 16.3 Å². The predicted octanol–water partition coefficient (Wildman–Crippen LogP) is 1.65. The Labute approximate surface area is 99.8 Å². The highest BCUT2D eigenvalue weighted by Crippen LogP contribution is 2.11. The molecule has 1 N–H and O–H groups in total. The summed E-state index contributed by atoms with van der Waals surface area (Å²) in [6.45, 7) is 5.54. The second-order valence-corrected chi connectivity index (χ2v) is 4.51. The first kappa shape index (κ1) is 13.7. The molecule has 0 aliphatic carbocycles. The molecule has 0 unspecified atom stereocenters. The van der Waals surface area contributed by atoms with Crippen LogP contribution in [0.5, 0.6) is 0 Å². The maximum absolute atomic E-state index is 5.15. The molecule has 1 aliphatic rings. The van der Waals surface area contributed by atoms with E-state index >= 15 is 0 Å². The largest absolute Gasteiger partial charge is 0.380 e. The van der Waals surface area contributed by atoms with Crippen molar-refractivity contribution in [3.63, 3.8) is 0 Å². The van der Waals surface area contributed by atoms with Crippen LogP contribution in [0.2, 0.25) is 0 Å². The number of nitrogens with one attached hydrogen (secondary N) is 1. The van der Waals surface area contributed by atoms with E-state index in [0.29, 0.717) is 0 Å². The van der Waals surface area contributed by atoms with Gasteiger partial charge in [-0.05, 0) is 45.0 Å². The lowest BCUT2D eigenvalue weighted by Crippen LogP contribution is -2.30. The van der Waals surface area contributed by atoms with E-state index in [9.17, 15) is 0 Å². The van der Waals surface area contributed by atoms with Crippen LogP contribution in [0.15, 0.2) is 11.6 Å². The third-order valence-corrected chi connectivity index (χ3v) is 3.12. The van der Waals surface area contributed by atoms with E-state index < -0.39 is 0 Å². The Balaban J connectivity index is 2.03. The van der Waals surface area contributed by atoms with Crippen molar-refractivity contribution in [1.29, 1.82) is 0 Å². The molecule has 0 amide bonds. The summed E-state index contributed by atoms with van der Waals surface area (Å²) >= 11 is 0. The van der Waals surface area contributed by atoms with Crippen LogP contribution in [-0.4, -0.2) is 51.8 Å². The molecule has 0 atom stereocenters. The molecule has 0 aromatic heterocycles. The molecule has 1 rings (SSSR count). The number of unbranched alkanes of at least 4 members (excludes halogenated alkanes) is 2. The molecule has 0 aromatic rings. The van der Waals surface area contributed by atoms with Gasteiger partial charge in [-0.3, -0.25) is 4.90 Å². The predicted molar refractivity (Wildman–Crippen MR) is 68.8 cm³/mol. The summed E-state index contributed by atoms with van der Waals surface area (Å²) in [5.74, 6) is 0. The minimum atomic E-state index is 0.815. The average molecular weight is 226 g/mol. The van der Waals surface area contributed by atoms with Crippen molar-refractivity contribution in [2.75, 3.05) is 46.9 Å². The maximum Gasteiger partial charge on any atom is 0.0673 e. The second-order valence-electron chi connectivity index (χ2n) is 4.51. The van der Waals surface area contributed by atoms with Gasteiger partial charge >= 0.3 is 0 Å². The van der Waals surface area contributed by atoms with Gasteiger partial charge in [0.1, 0.15) is 0 Å². The number of rotatable bonds is 8. The van der Waals surface area contributed by atoms with Gasteiger partial charge in [0.2, 0.25) is 0 Å². The fraction of sp³-hybridized carbons (Fsp3) is 0.846. The first-order valence-electron chi connectivity index (χ1n) is 6.40. The zero-order valence-electron chi connectivity index (χ0n) is 10.8. The van der Waals surface area contributed by atoms with Crippen LogP contribution < -0.4 is 5.32 Å². The Hall–Kier alpha value is -0.380. The van der Waals surface area contributed by atoms with E-state index in [0.717, 1.165) is 19.7 Å². The molecule has 0 radical (unpaired) electrons. The second kappa shape index (κ2) is 8.74. The first-order valence-corrected chi connectivity index (χ1v) is 6.40. The summed E-state index contributed by atoms with van der Waals surface area (Å²) in [7, 11) is 3.79. The zero-order valence-corrected chi connectivity index (χ0v) is 10.8. The van der Waals surface area contributed by atoms with E-state index in [1.54, 1.807) is 7.11 Å². The molecule has 94 valence electrons. The molecular weight excluding hydrogens is 200 g/mol. The Kier molecular flexibility index (Phi) is 7.47. The summed E-state index contributed by atoms with van der Waals surface area (Å²) in [5.41, 5.74) is 1.47. The van der Waals surface area contributed by atoms with Gasteiger partial charge in [-0.2, -0.15) is 0 Å². The summed E-state index contributed by atoms with van der Waals surface area (Å²) < 4.78 is 5.15. The molecule has 3 heteroatoms. The van der Waals surface area contributed by atoms with Gasteiger partial charge in [0.25, 0.3) is 0 Å². The fourth-order valence-electron chi connectivity index (χ4n) is 2.09. The van der Waals surface area contributed by atoms with Crippen molar-refractivity contribution in [2.24, 2.45) is 0 Å². The molecule has 1 aliphatic heterocycles. The van der Waals surface area contributed by atoms with Gasteiger partial charge in [0.15, 0.2) is 0 Å². The molecule has 16 heavy (non-hydrogen) atoms. The van der Waals surface area contributed by atoms with Crippen molar-refractivity contribution >= 4 is 0 Å². The monoisotopic (exact) mass is 226 g/mol. The van der Waals surface area contributed by atoms with Crippen LogP contribution in [0.3, 0.4) is 0 Å². The van der Waals surface area contributed by atoms with Gasteiger partial charge in [-0.15, -0.1) is 0 Å². The van der Waals surface area contributed by atoms with Crippen LogP contribution in [0.1, 0.15) is 25.7 Å². The van der Waals surface area contributed by atoms with E-state index in [4.69, 9.17) is 4.74 Å². The first-order chi connectivity index (χ1) is 7.86. The lowest BCUT2D eigenvalue weighted by Gasteiger charge is -2.26. The lowest BCUT2D eigenvalue weighted by atomic mass is 10.1. The number of nitrogens with zero attached hydrogens (tertiary/aromatic N) is 1. The molecule has 1 heterocycles. The number of hydrogen-bond donors (Lipinski definition) is 1. The van der Waals surface area contributed by atoms with Gasteiger partial charge in [-0.25, -0.2) is 0 Å². The van der Waals surface area contributed by atoms with Gasteiger partial charge < -0.3 is 10.1 Å².